The summed E-state index contributed by atoms with van der Waals surface area (Å²) in [6.45, 7) is 16.4. The normalized spacial score (nSPS) is 23.7. The number of aliphatic imine (C=N–C) groups is 4. The molecule has 26 heteroatoms. The van der Waals surface area contributed by atoms with Gasteiger partial charge in [-0.1, -0.05) is 125 Å². The highest BCUT2D eigenvalue weighted by Crippen LogP contribution is 2.50. The molecule has 4 N–H and O–H groups in total. The van der Waals surface area contributed by atoms with E-state index in [-0.39, 0.29) is 95.9 Å². The van der Waals surface area contributed by atoms with E-state index in [1.165, 1.54) is 38.5 Å². The number of carbonyl (C=O) groups excluding carboxylic acids is 8. The third-order valence-electron chi connectivity index (χ3n) is 25.4. The molecule has 16 rings (SSSR count). The van der Waals surface area contributed by atoms with E-state index in [4.69, 9.17) is 48.4 Å². The average Bonchev–Trinajstić information content (AvgIpc) is 1.64. The number of carbonyl (C=O) groups is 8. The number of nitrogens with zero attached hydrogens (tertiary/aromatic N) is 8. The summed E-state index contributed by atoms with van der Waals surface area (Å²) < 4.78 is 31.7. The lowest BCUT2D eigenvalue weighted by molar-refractivity contribution is -0.143. The van der Waals surface area contributed by atoms with Crippen LogP contribution in [0.5, 0.6) is 0 Å². The second-order valence-electron chi connectivity index (χ2n) is 34.1. The number of rotatable bonds is 20. The van der Waals surface area contributed by atoms with E-state index in [1.807, 2.05) is 90.0 Å². The summed E-state index contributed by atoms with van der Waals surface area (Å²) in [5, 5.41) is 12.7. The number of amides is 8. The number of allylic oxidation sites excluding steroid dienone is 4. The summed E-state index contributed by atoms with van der Waals surface area (Å²) in [7, 11) is 5.17. The SMILES string of the molecule is COC(=O)N[C@H](C(=O)N1CCC[C@H]1C1=NC=C(c2ccc3cc(-c4ccc(C5=CN=C(C6C7CCC(O7)[C@@H]6C(=O)N(NC(=O)OC)C(C)C)C5)cc4)ccc3c2)C1)C(C)C.COC(=O)N[C@H](C(=O)N1CCC[C@H]1C1=NC=C(c2ccc3cc(-c4ccc(C5=CN=C(C6C7CCC(O7)[C@H]6C(=O)N(NC(=O)OC)C(C)C)C5)cc4)ccc3c2)C1)C(C)C. The van der Waals surface area contributed by atoms with E-state index >= 15 is 0 Å². The molecule has 6 aromatic carbocycles. The number of benzene rings is 6. The molecule has 12 atom stereocenters. The van der Waals surface area contributed by atoms with Crippen molar-refractivity contribution in [3.05, 3.63) is 168 Å². The summed E-state index contributed by atoms with van der Waals surface area (Å²) in [5.74, 6) is -1.88. The van der Waals surface area contributed by atoms with E-state index in [1.54, 1.807) is 0 Å². The monoisotopic (exact) mass is 1630 g/mol. The molecule has 6 aromatic rings. The summed E-state index contributed by atoms with van der Waals surface area (Å²) in [5.41, 5.74) is 22.3. The fourth-order valence-corrected chi connectivity index (χ4v) is 19.1. The minimum atomic E-state index is -0.679. The largest absolute Gasteiger partial charge is 0.453 e. The third-order valence-corrected chi connectivity index (χ3v) is 25.4. The van der Waals surface area contributed by atoms with Gasteiger partial charge < -0.3 is 48.9 Å². The lowest BCUT2D eigenvalue weighted by atomic mass is 9.74. The first-order valence-corrected chi connectivity index (χ1v) is 42.2. The van der Waals surface area contributed by atoms with Gasteiger partial charge in [-0.25, -0.2) is 40.0 Å². The highest BCUT2D eigenvalue weighted by atomic mass is 16.6. The lowest BCUT2D eigenvalue weighted by Crippen LogP contribution is -2.55. The van der Waals surface area contributed by atoms with Gasteiger partial charge in [0.25, 0.3) is 0 Å². The minimum Gasteiger partial charge on any atom is -0.453 e. The van der Waals surface area contributed by atoms with E-state index < -0.39 is 48.3 Å². The van der Waals surface area contributed by atoms with Crippen molar-refractivity contribution in [2.24, 2.45) is 55.5 Å². The molecule has 10 heterocycles. The van der Waals surface area contributed by atoms with Crippen molar-refractivity contribution in [2.45, 2.75) is 193 Å². The zero-order valence-electron chi connectivity index (χ0n) is 70.3. The number of nitrogens with one attached hydrogen (secondary N) is 4. The van der Waals surface area contributed by atoms with Gasteiger partial charge in [0.05, 0.1) is 76.8 Å². The molecule has 0 radical (unpaired) electrons. The highest BCUT2D eigenvalue weighted by Gasteiger charge is 2.58. The van der Waals surface area contributed by atoms with Gasteiger partial charge in [0.2, 0.25) is 23.6 Å². The standard InChI is InChI=1S/2C47H54N6O7/c2*1-26(2)43(50-46(56)58-5)45(55)52-19-7-8-38(52)36-22-35(25-48-36)33-16-15-31-20-30(13-14-32(31)21-33)28-9-11-29(12-10-28)34-23-37(49-24-34)41-39-17-18-40(60-39)42(41)44(54)53(27(3)4)51-47(57)59-6/h2*9-16,20-21,24-27,38-43H,7-8,17-19,22-23H2,1-6H3,(H,50,56)(H,51,57)/t38-,39?,40?,41?,42+,43-;38-,39?,40?,41?,42-,43-/m00/s1. The van der Waals surface area contributed by atoms with Crippen LogP contribution in [0.2, 0.25) is 0 Å². The lowest BCUT2D eigenvalue weighted by Gasteiger charge is -2.34. The van der Waals surface area contributed by atoms with Crippen molar-refractivity contribution >= 4 is 115 Å². The van der Waals surface area contributed by atoms with E-state index in [9.17, 15) is 38.4 Å². The molecule has 0 saturated carbocycles. The maximum Gasteiger partial charge on any atom is 0.425 e. The Hall–Kier alpha value is -11.6. The minimum absolute atomic E-state index is 0.0725. The van der Waals surface area contributed by atoms with E-state index in [0.29, 0.717) is 38.8 Å². The second-order valence-corrected chi connectivity index (χ2v) is 34.1. The van der Waals surface area contributed by atoms with Crippen LogP contribution >= 0.6 is 0 Å². The predicted molar refractivity (Wildman–Crippen MR) is 461 cm³/mol. The zero-order valence-corrected chi connectivity index (χ0v) is 70.3. The number of fused-ring (bicyclic) bond motifs is 6. The summed E-state index contributed by atoms with van der Waals surface area (Å²) in [4.78, 5) is 126. The second kappa shape index (κ2) is 35.7. The predicted octanol–water partition coefficient (Wildman–Crippen LogP) is 15.1. The smallest absolute Gasteiger partial charge is 0.425 e. The molecule has 26 nitrogen and oxygen atoms in total. The van der Waals surface area contributed by atoms with Gasteiger partial charge in [0.1, 0.15) is 12.1 Å². The first-order chi connectivity index (χ1) is 57.9. The molecule has 4 bridgehead atoms. The number of methoxy groups -OCH3 is 4. The van der Waals surface area contributed by atoms with Crippen LogP contribution in [0.25, 0.3) is 66.1 Å². The molecule has 0 aliphatic carbocycles. The summed E-state index contributed by atoms with van der Waals surface area (Å²) >= 11 is 0. The number of hydrogen-bond donors (Lipinski definition) is 4. The Kier molecular flexibility index (Phi) is 24.8. The molecule has 120 heavy (non-hydrogen) atoms. The van der Waals surface area contributed by atoms with Gasteiger partial charge >= 0.3 is 24.4 Å². The van der Waals surface area contributed by atoms with Crippen LogP contribution in [0.15, 0.2) is 166 Å². The molecule has 0 aromatic heterocycles. The van der Waals surface area contributed by atoms with Gasteiger partial charge in [0.15, 0.2) is 0 Å². The number of hydrogen-bond acceptors (Lipinski definition) is 18. The van der Waals surface area contributed by atoms with Crippen LogP contribution in [0, 0.1) is 35.5 Å². The Morgan fingerprint density at radius 3 is 1.02 bits per heavy atom. The fraction of sp³-hybridized carbons (Fsp3) is 0.447. The van der Waals surface area contributed by atoms with Crippen molar-refractivity contribution < 1.29 is 66.8 Å². The van der Waals surface area contributed by atoms with E-state index in [0.717, 1.165) is 163 Å². The molecule has 628 valence electrons. The van der Waals surface area contributed by atoms with Gasteiger partial charge in [-0.2, -0.15) is 0 Å². The van der Waals surface area contributed by atoms with Crippen LogP contribution in [-0.4, -0.2) is 193 Å². The maximum atomic E-state index is 13.9. The van der Waals surface area contributed by atoms with Crippen LogP contribution in [0.4, 0.5) is 19.2 Å². The number of ether oxygens (including phenoxy) is 6. The van der Waals surface area contributed by atoms with Crippen molar-refractivity contribution in [2.75, 3.05) is 41.5 Å². The Morgan fingerprint density at radius 1 is 0.375 bits per heavy atom. The van der Waals surface area contributed by atoms with Crippen LogP contribution < -0.4 is 21.5 Å². The Bertz CT molecular complexity index is 4950. The van der Waals surface area contributed by atoms with Crippen molar-refractivity contribution in [1.82, 2.24) is 41.3 Å². The van der Waals surface area contributed by atoms with Crippen molar-refractivity contribution in [1.29, 1.82) is 0 Å². The molecule has 0 spiro atoms. The molecule has 6 unspecified atom stereocenters. The van der Waals surface area contributed by atoms with Crippen LogP contribution in [-0.2, 0) is 47.6 Å². The quantitative estimate of drug-likeness (QED) is 0.0408. The molecular formula is C94H108N12O14. The topological polar surface area (TPSA) is 302 Å². The van der Waals surface area contributed by atoms with Crippen LogP contribution in [0.3, 0.4) is 0 Å². The van der Waals surface area contributed by atoms with Gasteiger partial charge in [-0.15, -0.1) is 0 Å². The average molecular weight is 1630 g/mol. The Morgan fingerprint density at radius 2 is 0.675 bits per heavy atom. The van der Waals surface area contributed by atoms with Gasteiger partial charge in [-0.05, 0) is 204 Å². The molecular weight excluding hydrogens is 1520 g/mol. The van der Waals surface area contributed by atoms with Gasteiger partial charge in [-0.3, -0.25) is 39.1 Å². The maximum absolute atomic E-state index is 13.9. The van der Waals surface area contributed by atoms with Crippen molar-refractivity contribution in [3.8, 4) is 22.3 Å². The van der Waals surface area contributed by atoms with Crippen LogP contribution in [0.1, 0.15) is 155 Å². The highest BCUT2D eigenvalue weighted by molar-refractivity contribution is 6.08. The molecule has 6 saturated heterocycles. The fourth-order valence-electron chi connectivity index (χ4n) is 19.1. The molecule has 10 aliphatic heterocycles. The molecule has 10 aliphatic rings. The Balaban J connectivity index is 0.000000187. The molecule has 6 fully saturated rings. The molecule has 8 amide bonds. The number of alkyl carbamates (subject to hydrolysis) is 2. The van der Waals surface area contributed by atoms with Crippen molar-refractivity contribution in [3.63, 3.8) is 0 Å². The first-order valence-electron chi connectivity index (χ1n) is 42.2. The van der Waals surface area contributed by atoms with Gasteiger partial charge in [0, 0.05) is 110 Å². The first kappa shape index (κ1) is 83.4. The number of hydrazine groups is 2. The van der Waals surface area contributed by atoms with E-state index in [2.05, 4.69) is 143 Å². The Labute approximate surface area is 700 Å². The third kappa shape index (κ3) is 17.2. The number of likely N-dealkylation sites (tertiary alicyclic amines) is 2. The summed E-state index contributed by atoms with van der Waals surface area (Å²) in [6, 6.07) is 41.1. The zero-order chi connectivity index (χ0) is 84.5. The summed E-state index contributed by atoms with van der Waals surface area (Å²) in [6.07, 6.45) is 14.1.